The van der Waals surface area contributed by atoms with Gasteiger partial charge in [0, 0.05) is 6.92 Å². The summed E-state index contributed by atoms with van der Waals surface area (Å²) in [5.41, 5.74) is 4.72. The molecular weight excluding hydrogens is 318 g/mol. The fourth-order valence-electron chi connectivity index (χ4n) is 2.81. The molecule has 25 heavy (non-hydrogen) atoms. The van der Waals surface area contributed by atoms with Gasteiger partial charge in [0.15, 0.2) is 6.61 Å². The second-order valence-corrected chi connectivity index (χ2v) is 5.99. The van der Waals surface area contributed by atoms with Gasteiger partial charge in [-0.1, -0.05) is 18.2 Å². The van der Waals surface area contributed by atoms with E-state index >= 15 is 0 Å². The fraction of sp³-hybridized carbons (Fsp3) is 0.200. The van der Waals surface area contributed by atoms with Crippen LogP contribution in [0.3, 0.4) is 0 Å². The number of carbonyl (C=O) groups is 2. The van der Waals surface area contributed by atoms with Crippen LogP contribution in [0.25, 0.3) is 12.2 Å². The van der Waals surface area contributed by atoms with E-state index in [0.717, 1.165) is 22.3 Å². The van der Waals surface area contributed by atoms with Crippen molar-refractivity contribution in [3.63, 3.8) is 0 Å². The Hall–Kier alpha value is -3.08. The summed E-state index contributed by atoms with van der Waals surface area (Å²) in [5.74, 6) is 0.741. The van der Waals surface area contributed by atoms with Crippen molar-refractivity contribution in [1.82, 2.24) is 0 Å². The molecule has 1 aliphatic rings. The topological polar surface area (TPSA) is 64.6 Å². The first-order valence-corrected chi connectivity index (χ1v) is 7.97. The van der Waals surface area contributed by atoms with E-state index in [1.54, 1.807) is 0 Å². The van der Waals surface area contributed by atoms with Gasteiger partial charge in [-0.3, -0.25) is 9.59 Å². The van der Waals surface area contributed by atoms with Crippen LogP contribution in [0.1, 0.15) is 29.2 Å². The number of aryl methyl sites for hydroxylation is 2. The van der Waals surface area contributed by atoms with Crippen molar-refractivity contribution in [3.05, 3.63) is 52.6 Å². The van der Waals surface area contributed by atoms with Crippen molar-refractivity contribution in [2.24, 2.45) is 0 Å². The number of hydrogen-bond acceptors (Lipinski definition) is 4. The van der Waals surface area contributed by atoms with Gasteiger partial charge in [-0.25, -0.2) is 0 Å². The molecule has 128 valence electrons. The molecule has 2 aromatic rings. The highest BCUT2D eigenvalue weighted by molar-refractivity contribution is 5.96. The van der Waals surface area contributed by atoms with Crippen LogP contribution in [0.5, 0.6) is 11.5 Å². The Bertz CT molecular complexity index is 860. The predicted octanol–water partition coefficient (Wildman–Crippen LogP) is 3.73. The molecule has 5 heteroatoms. The van der Waals surface area contributed by atoms with Crippen LogP contribution in [0.4, 0.5) is 5.69 Å². The van der Waals surface area contributed by atoms with Crippen LogP contribution >= 0.6 is 0 Å². The van der Waals surface area contributed by atoms with Crippen LogP contribution in [0.15, 0.2) is 30.3 Å². The lowest BCUT2D eigenvalue weighted by Gasteiger charge is -2.18. The van der Waals surface area contributed by atoms with E-state index in [9.17, 15) is 9.59 Å². The molecule has 5 nitrogen and oxygen atoms in total. The number of rotatable bonds is 3. The number of ether oxygens (including phenoxy) is 2. The summed E-state index contributed by atoms with van der Waals surface area (Å²) in [6.07, 6.45) is 3.98. The summed E-state index contributed by atoms with van der Waals surface area (Å²) in [6, 6.07) is 9.34. The van der Waals surface area contributed by atoms with E-state index in [0.29, 0.717) is 17.2 Å². The third-order valence-electron chi connectivity index (χ3n) is 3.91. The average molecular weight is 337 g/mol. The van der Waals surface area contributed by atoms with Crippen molar-refractivity contribution in [1.29, 1.82) is 0 Å². The molecule has 0 unspecified atom stereocenters. The van der Waals surface area contributed by atoms with E-state index in [1.807, 2.05) is 56.3 Å². The standard InChI is InChI=1S/C20H19NO4/c1-12-8-16(25-14(3)22)9-13(2)17(12)6-4-15-5-7-19-18(10-15)21-20(23)11-24-19/h4-10H,11H2,1-3H3,(H,21,23)/b6-4+. The first-order chi connectivity index (χ1) is 11.9. The van der Waals surface area contributed by atoms with Gasteiger partial charge in [-0.15, -0.1) is 0 Å². The van der Waals surface area contributed by atoms with Gasteiger partial charge in [-0.2, -0.15) is 0 Å². The molecule has 3 rings (SSSR count). The minimum atomic E-state index is -0.333. The molecule has 1 amide bonds. The van der Waals surface area contributed by atoms with E-state index in [-0.39, 0.29) is 18.5 Å². The smallest absolute Gasteiger partial charge is 0.308 e. The number of fused-ring (bicyclic) bond motifs is 1. The van der Waals surface area contributed by atoms with Gasteiger partial charge < -0.3 is 14.8 Å². The number of benzene rings is 2. The number of anilines is 1. The fourth-order valence-corrected chi connectivity index (χ4v) is 2.81. The predicted molar refractivity (Wildman–Crippen MR) is 96.7 cm³/mol. The molecule has 0 aromatic heterocycles. The summed E-state index contributed by atoms with van der Waals surface area (Å²) in [5, 5.41) is 2.80. The van der Waals surface area contributed by atoms with Gasteiger partial charge in [0.05, 0.1) is 5.69 Å². The Morgan fingerprint density at radius 1 is 1.16 bits per heavy atom. The van der Waals surface area contributed by atoms with Gasteiger partial charge in [0.1, 0.15) is 11.5 Å². The SMILES string of the molecule is CC(=O)Oc1cc(C)c(/C=C/c2ccc3c(c2)NC(=O)CO3)c(C)c1. The highest BCUT2D eigenvalue weighted by Crippen LogP contribution is 2.30. The molecule has 0 fully saturated rings. The molecule has 0 bridgehead atoms. The molecule has 1 aliphatic heterocycles. The summed E-state index contributed by atoms with van der Waals surface area (Å²) in [6.45, 7) is 5.38. The Kier molecular flexibility index (Phi) is 4.57. The normalized spacial score (nSPS) is 13.2. The quantitative estimate of drug-likeness (QED) is 0.526. The molecule has 0 radical (unpaired) electrons. The van der Waals surface area contributed by atoms with Gasteiger partial charge in [-0.05, 0) is 60.4 Å². The maximum atomic E-state index is 11.4. The van der Waals surface area contributed by atoms with Crippen molar-refractivity contribution >= 4 is 29.7 Å². The van der Waals surface area contributed by atoms with Gasteiger partial charge in [0.2, 0.25) is 0 Å². The Balaban J connectivity index is 1.86. The zero-order valence-corrected chi connectivity index (χ0v) is 14.4. The molecule has 2 aromatic carbocycles. The number of carbonyl (C=O) groups excluding carboxylic acids is 2. The zero-order chi connectivity index (χ0) is 18.0. The van der Waals surface area contributed by atoms with Crippen molar-refractivity contribution < 1.29 is 19.1 Å². The minimum absolute atomic E-state index is 0.0509. The second-order valence-electron chi connectivity index (χ2n) is 5.99. The summed E-state index contributed by atoms with van der Waals surface area (Å²) in [7, 11) is 0. The molecule has 0 aliphatic carbocycles. The van der Waals surface area contributed by atoms with Crippen LogP contribution < -0.4 is 14.8 Å². The minimum Gasteiger partial charge on any atom is -0.482 e. The summed E-state index contributed by atoms with van der Waals surface area (Å²) in [4.78, 5) is 22.5. The average Bonchev–Trinajstić information content (AvgIpc) is 2.53. The lowest BCUT2D eigenvalue weighted by atomic mass is 10.0. The van der Waals surface area contributed by atoms with Crippen molar-refractivity contribution in [2.45, 2.75) is 20.8 Å². The lowest BCUT2D eigenvalue weighted by molar-refractivity contribution is -0.131. The Morgan fingerprint density at radius 3 is 2.56 bits per heavy atom. The van der Waals surface area contributed by atoms with E-state index in [2.05, 4.69) is 5.32 Å². The first kappa shape index (κ1) is 16.8. The summed E-state index contributed by atoms with van der Waals surface area (Å²) >= 11 is 0. The molecule has 0 spiro atoms. The Morgan fingerprint density at radius 2 is 1.88 bits per heavy atom. The van der Waals surface area contributed by atoms with Gasteiger partial charge in [0.25, 0.3) is 5.91 Å². The maximum absolute atomic E-state index is 11.4. The molecule has 1 N–H and O–H groups in total. The maximum Gasteiger partial charge on any atom is 0.308 e. The number of nitrogens with one attached hydrogen (secondary N) is 1. The van der Waals surface area contributed by atoms with Gasteiger partial charge >= 0.3 is 5.97 Å². The zero-order valence-electron chi connectivity index (χ0n) is 14.4. The number of hydrogen-bond donors (Lipinski definition) is 1. The molecule has 0 saturated carbocycles. The largest absolute Gasteiger partial charge is 0.482 e. The molecular formula is C20H19NO4. The van der Waals surface area contributed by atoms with E-state index in [4.69, 9.17) is 9.47 Å². The van der Waals surface area contributed by atoms with E-state index < -0.39 is 0 Å². The lowest BCUT2D eigenvalue weighted by Crippen LogP contribution is -2.25. The first-order valence-electron chi connectivity index (χ1n) is 7.97. The van der Waals surface area contributed by atoms with Crippen molar-refractivity contribution in [2.75, 3.05) is 11.9 Å². The van der Waals surface area contributed by atoms with Crippen LogP contribution in [0, 0.1) is 13.8 Å². The molecule has 0 saturated heterocycles. The third kappa shape index (κ3) is 3.88. The van der Waals surface area contributed by atoms with Crippen LogP contribution in [0.2, 0.25) is 0 Å². The number of esters is 1. The number of amides is 1. The highest BCUT2D eigenvalue weighted by atomic mass is 16.5. The Labute approximate surface area is 146 Å². The molecule has 1 heterocycles. The van der Waals surface area contributed by atoms with Crippen LogP contribution in [-0.2, 0) is 9.59 Å². The monoisotopic (exact) mass is 337 g/mol. The molecule has 0 atom stereocenters. The van der Waals surface area contributed by atoms with Crippen molar-refractivity contribution in [3.8, 4) is 11.5 Å². The highest BCUT2D eigenvalue weighted by Gasteiger charge is 2.15. The summed E-state index contributed by atoms with van der Waals surface area (Å²) < 4.78 is 10.5. The third-order valence-corrected chi connectivity index (χ3v) is 3.91. The second kappa shape index (κ2) is 6.81. The van der Waals surface area contributed by atoms with E-state index in [1.165, 1.54) is 6.92 Å². The van der Waals surface area contributed by atoms with Crippen LogP contribution in [-0.4, -0.2) is 18.5 Å².